The van der Waals surface area contributed by atoms with E-state index in [1.54, 1.807) is 7.11 Å². The van der Waals surface area contributed by atoms with E-state index in [2.05, 4.69) is 6.07 Å². The van der Waals surface area contributed by atoms with Crippen molar-refractivity contribution in [2.75, 3.05) is 13.7 Å². The summed E-state index contributed by atoms with van der Waals surface area (Å²) in [5.74, 6) is -0.678. The van der Waals surface area contributed by atoms with Crippen molar-refractivity contribution in [3.05, 3.63) is 35.4 Å². The first kappa shape index (κ1) is 11.7. The molecular formula is C15H18O3. The molecule has 0 bridgehead atoms. The Labute approximate surface area is 107 Å². The topological polar surface area (TPSA) is 46.5 Å². The molecule has 1 N–H and O–H groups in total. The Morgan fingerprint density at radius 3 is 2.28 bits per heavy atom. The lowest BCUT2D eigenvalue weighted by Crippen LogP contribution is -2.25. The van der Waals surface area contributed by atoms with Gasteiger partial charge in [0.05, 0.1) is 12.0 Å². The van der Waals surface area contributed by atoms with Crippen molar-refractivity contribution in [1.82, 2.24) is 0 Å². The number of ether oxygens (including phenoxy) is 1. The Morgan fingerprint density at radius 2 is 1.83 bits per heavy atom. The van der Waals surface area contributed by atoms with Crippen LogP contribution in [0.2, 0.25) is 0 Å². The number of aliphatic carboxylic acids is 1. The summed E-state index contributed by atoms with van der Waals surface area (Å²) in [4.78, 5) is 11.5. The van der Waals surface area contributed by atoms with Gasteiger partial charge in [0.15, 0.2) is 0 Å². The Morgan fingerprint density at radius 1 is 1.22 bits per heavy atom. The number of hydrogen-bond acceptors (Lipinski definition) is 2. The van der Waals surface area contributed by atoms with Crippen molar-refractivity contribution in [2.24, 2.45) is 0 Å². The molecule has 2 saturated carbocycles. The fraction of sp³-hybridized carbons (Fsp3) is 0.533. The van der Waals surface area contributed by atoms with Gasteiger partial charge < -0.3 is 9.84 Å². The van der Waals surface area contributed by atoms with Gasteiger partial charge in [-0.3, -0.25) is 4.79 Å². The van der Waals surface area contributed by atoms with Crippen LogP contribution in [0.25, 0.3) is 0 Å². The van der Waals surface area contributed by atoms with Crippen LogP contribution < -0.4 is 0 Å². The molecule has 2 aliphatic rings. The molecule has 0 amide bonds. The van der Waals surface area contributed by atoms with Gasteiger partial charge in [-0.15, -0.1) is 0 Å². The third-order valence-corrected chi connectivity index (χ3v) is 4.45. The molecule has 0 atom stereocenters. The molecular weight excluding hydrogens is 228 g/mol. The summed E-state index contributed by atoms with van der Waals surface area (Å²) in [6, 6.07) is 8.04. The quantitative estimate of drug-likeness (QED) is 0.868. The largest absolute Gasteiger partial charge is 0.481 e. The van der Waals surface area contributed by atoms with E-state index in [0.29, 0.717) is 6.61 Å². The number of carbonyl (C=O) groups is 1. The van der Waals surface area contributed by atoms with Crippen LogP contribution in [0.15, 0.2) is 24.3 Å². The van der Waals surface area contributed by atoms with Crippen LogP contribution in [0.5, 0.6) is 0 Å². The van der Waals surface area contributed by atoms with Gasteiger partial charge in [0.2, 0.25) is 0 Å². The first-order valence-electron chi connectivity index (χ1n) is 6.47. The highest BCUT2D eigenvalue weighted by Gasteiger charge is 2.56. The third-order valence-electron chi connectivity index (χ3n) is 4.45. The van der Waals surface area contributed by atoms with Crippen LogP contribution in [0.1, 0.15) is 36.8 Å². The number of rotatable bonds is 5. The number of benzene rings is 1. The second kappa shape index (κ2) is 3.82. The van der Waals surface area contributed by atoms with E-state index < -0.39 is 11.4 Å². The van der Waals surface area contributed by atoms with Gasteiger partial charge in [-0.2, -0.15) is 0 Å². The summed E-state index contributed by atoms with van der Waals surface area (Å²) in [6.45, 7) is 0.694. The highest BCUT2D eigenvalue weighted by Crippen LogP contribution is 2.56. The summed E-state index contributed by atoms with van der Waals surface area (Å²) < 4.78 is 5.32. The van der Waals surface area contributed by atoms with Gasteiger partial charge in [-0.05, 0) is 36.8 Å². The van der Waals surface area contributed by atoms with Crippen LogP contribution >= 0.6 is 0 Å². The van der Waals surface area contributed by atoms with E-state index in [4.69, 9.17) is 4.74 Å². The molecule has 2 fully saturated rings. The Hall–Kier alpha value is -1.35. The monoisotopic (exact) mass is 246 g/mol. The van der Waals surface area contributed by atoms with Gasteiger partial charge in [-0.25, -0.2) is 0 Å². The van der Waals surface area contributed by atoms with Gasteiger partial charge >= 0.3 is 5.97 Å². The van der Waals surface area contributed by atoms with Gasteiger partial charge in [-0.1, -0.05) is 24.3 Å². The molecule has 0 aromatic heterocycles. The molecule has 0 heterocycles. The minimum absolute atomic E-state index is 0.0797. The summed E-state index contributed by atoms with van der Waals surface area (Å²) in [5.41, 5.74) is 1.69. The zero-order valence-electron chi connectivity index (χ0n) is 10.6. The molecule has 0 saturated heterocycles. The van der Waals surface area contributed by atoms with Crippen LogP contribution in [-0.2, 0) is 20.4 Å². The van der Waals surface area contributed by atoms with Gasteiger partial charge in [0.1, 0.15) is 0 Å². The number of hydrogen-bond donors (Lipinski definition) is 1. The molecule has 3 nitrogen and oxygen atoms in total. The number of methoxy groups -OCH3 is 1. The molecule has 3 heteroatoms. The average molecular weight is 246 g/mol. The van der Waals surface area contributed by atoms with Crippen LogP contribution in [0, 0.1) is 0 Å². The lowest BCUT2D eigenvalue weighted by molar-refractivity contribution is -0.140. The second-order valence-corrected chi connectivity index (χ2v) is 5.65. The molecule has 3 rings (SSSR count). The van der Waals surface area contributed by atoms with Crippen molar-refractivity contribution in [3.63, 3.8) is 0 Å². The smallest absolute Gasteiger partial charge is 0.314 e. The molecule has 18 heavy (non-hydrogen) atoms. The van der Waals surface area contributed by atoms with E-state index in [-0.39, 0.29) is 5.41 Å². The SMILES string of the molecule is COCC1(c2ccccc2C2(C(=O)O)CC2)CC1. The maximum Gasteiger partial charge on any atom is 0.314 e. The van der Waals surface area contributed by atoms with Crippen LogP contribution in [-0.4, -0.2) is 24.8 Å². The van der Waals surface area contributed by atoms with E-state index in [9.17, 15) is 9.90 Å². The minimum Gasteiger partial charge on any atom is -0.481 e. The normalized spacial score (nSPS) is 22.5. The summed E-state index contributed by atoms with van der Waals surface area (Å²) in [6.07, 6.45) is 3.74. The fourth-order valence-corrected chi connectivity index (χ4v) is 3.00. The zero-order chi connectivity index (χ0) is 12.8. The van der Waals surface area contributed by atoms with Crippen molar-refractivity contribution < 1.29 is 14.6 Å². The van der Waals surface area contributed by atoms with Crippen LogP contribution in [0.3, 0.4) is 0 Å². The summed E-state index contributed by atoms with van der Waals surface area (Å²) in [5, 5.41) is 9.47. The van der Waals surface area contributed by atoms with Crippen LogP contribution in [0.4, 0.5) is 0 Å². The van der Waals surface area contributed by atoms with Gasteiger partial charge in [0, 0.05) is 12.5 Å². The van der Waals surface area contributed by atoms with E-state index in [0.717, 1.165) is 31.2 Å². The maximum atomic E-state index is 11.5. The Balaban J connectivity index is 2.04. The first-order chi connectivity index (χ1) is 8.65. The molecule has 0 aliphatic heterocycles. The van der Waals surface area contributed by atoms with Crippen molar-refractivity contribution in [1.29, 1.82) is 0 Å². The highest BCUT2D eigenvalue weighted by molar-refractivity contribution is 5.85. The van der Waals surface area contributed by atoms with Crippen molar-refractivity contribution >= 4 is 5.97 Å². The lowest BCUT2D eigenvalue weighted by atomic mass is 9.84. The summed E-state index contributed by atoms with van der Waals surface area (Å²) in [7, 11) is 1.72. The molecule has 1 aromatic rings. The molecule has 2 aliphatic carbocycles. The zero-order valence-corrected chi connectivity index (χ0v) is 10.6. The number of carboxylic acid groups (broad SMARTS) is 1. The van der Waals surface area contributed by atoms with E-state index in [1.807, 2.05) is 18.2 Å². The number of carboxylic acids is 1. The fourth-order valence-electron chi connectivity index (χ4n) is 3.00. The van der Waals surface area contributed by atoms with E-state index >= 15 is 0 Å². The van der Waals surface area contributed by atoms with E-state index in [1.165, 1.54) is 5.56 Å². The Kier molecular flexibility index (Phi) is 2.49. The molecule has 96 valence electrons. The van der Waals surface area contributed by atoms with Crippen molar-refractivity contribution in [2.45, 2.75) is 36.5 Å². The molecule has 0 unspecified atom stereocenters. The standard InChI is InChI=1S/C15H18O3/c1-18-10-14(6-7-14)11-4-2-3-5-12(11)15(8-9-15)13(16)17/h2-5H,6-10H2,1H3,(H,16,17). The molecule has 0 spiro atoms. The Bertz CT molecular complexity index is 484. The predicted molar refractivity (Wildman–Crippen MR) is 67.8 cm³/mol. The third kappa shape index (κ3) is 1.57. The maximum absolute atomic E-state index is 11.5. The van der Waals surface area contributed by atoms with Gasteiger partial charge in [0.25, 0.3) is 0 Å². The molecule has 0 radical (unpaired) electrons. The first-order valence-corrected chi connectivity index (χ1v) is 6.47. The average Bonchev–Trinajstić information content (AvgIpc) is 3.25. The second-order valence-electron chi connectivity index (χ2n) is 5.65. The summed E-state index contributed by atoms with van der Waals surface area (Å²) >= 11 is 0. The minimum atomic E-state index is -0.678. The lowest BCUT2D eigenvalue weighted by Gasteiger charge is -2.22. The van der Waals surface area contributed by atoms with Crippen molar-refractivity contribution in [3.8, 4) is 0 Å². The highest BCUT2D eigenvalue weighted by atomic mass is 16.5. The molecule has 1 aromatic carbocycles. The predicted octanol–water partition coefficient (Wildman–Crippen LogP) is 2.48.